The summed E-state index contributed by atoms with van der Waals surface area (Å²) in [4.78, 5) is 24.3. The van der Waals surface area contributed by atoms with Gasteiger partial charge in [0.05, 0.1) is 6.61 Å². The van der Waals surface area contributed by atoms with E-state index in [0.29, 0.717) is 12.8 Å². The number of allylic oxidation sites excluding steroid dienone is 6. The number of rotatable bonds is 37. The van der Waals surface area contributed by atoms with Crippen LogP contribution in [0.1, 0.15) is 206 Å². The molecule has 0 fully saturated rings. The Balaban J connectivity index is 3.55. The lowest BCUT2D eigenvalue weighted by molar-refractivity contribution is -0.161. The van der Waals surface area contributed by atoms with Crippen LogP contribution in [0, 0.1) is 0 Å². The summed E-state index contributed by atoms with van der Waals surface area (Å²) in [5, 5.41) is 9.56. The SMILES string of the molecule is CCCCCC=CCC=CCCCCCCCCCCCC(=O)OCC(CO)OC(=O)CCCCCCCC=CCCCCCCCC. The van der Waals surface area contributed by atoms with Crippen molar-refractivity contribution in [3.05, 3.63) is 36.5 Å². The third-order valence-electron chi connectivity index (χ3n) is 8.91. The maximum atomic E-state index is 12.2. The summed E-state index contributed by atoms with van der Waals surface area (Å²) >= 11 is 0. The van der Waals surface area contributed by atoms with E-state index in [1.165, 1.54) is 128 Å². The van der Waals surface area contributed by atoms with Gasteiger partial charge in [-0.05, 0) is 70.6 Å². The quantitative estimate of drug-likeness (QED) is 0.0403. The molecule has 5 nitrogen and oxygen atoms in total. The highest BCUT2D eigenvalue weighted by atomic mass is 16.6. The predicted octanol–water partition coefficient (Wildman–Crippen LogP) is 12.8. The molecule has 0 saturated heterocycles. The van der Waals surface area contributed by atoms with Gasteiger partial charge in [-0.25, -0.2) is 0 Å². The van der Waals surface area contributed by atoms with E-state index in [1.54, 1.807) is 0 Å². The highest BCUT2D eigenvalue weighted by Gasteiger charge is 2.16. The van der Waals surface area contributed by atoms with Crippen molar-refractivity contribution in [2.24, 2.45) is 0 Å². The molecular formula is C43H78O5. The van der Waals surface area contributed by atoms with Crippen LogP contribution in [0.5, 0.6) is 0 Å². The van der Waals surface area contributed by atoms with Gasteiger partial charge < -0.3 is 14.6 Å². The maximum Gasteiger partial charge on any atom is 0.306 e. The lowest BCUT2D eigenvalue weighted by Gasteiger charge is -2.15. The second kappa shape index (κ2) is 39.6. The smallest absolute Gasteiger partial charge is 0.306 e. The van der Waals surface area contributed by atoms with Gasteiger partial charge in [-0.1, -0.05) is 159 Å². The molecule has 48 heavy (non-hydrogen) atoms. The zero-order chi connectivity index (χ0) is 35.0. The lowest BCUT2D eigenvalue weighted by Crippen LogP contribution is -2.28. The first kappa shape index (κ1) is 46.1. The zero-order valence-corrected chi connectivity index (χ0v) is 31.7. The molecule has 0 spiro atoms. The van der Waals surface area contributed by atoms with Crippen molar-refractivity contribution in [1.82, 2.24) is 0 Å². The zero-order valence-electron chi connectivity index (χ0n) is 31.7. The van der Waals surface area contributed by atoms with Gasteiger partial charge in [0, 0.05) is 12.8 Å². The summed E-state index contributed by atoms with van der Waals surface area (Å²) in [6.07, 6.45) is 47.7. The largest absolute Gasteiger partial charge is 0.462 e. The molecule has 0 aromatic rings. The van der Waals surface area contributed by atoms with E-state index in [-0.39, 0.29) is 25.2 Å². The highest BCUT2D eigenvalue weighted by Crippen LogP contribution is 2.13. The van der Waals surface area contributed by atoms with Crippen LogP contribution in [-0.2, 0) is 19.1 Å². The van der Waals surface area contributed by atoms with E-state index < -0.39 is 6.10 Å². The number of aliphatic hydroxyl groups is 1. The first-order valence-electron chi connectivity index (χ1n) is 20.5. The van der Waals surface area contributed by atoms with E-state index in [4.69, 9.17) is 9.47 Å². The molecule has 1 atom stereocenters. The van der Waals surface area contributed by atoms with Crippen LogP contribution in [0.25, 0.3) is 0 Å². The van der Waals surface area contributed by atoms with Gasteiger partial charge in [0.2, 0.25) is 0 Å². The van der Waals surface area contributed by atoms with Crippen LogP contribution in [0.4, 0.5) is 0 Å². The molecule has 0 aromatic carbocycles. The molecule has 5 heteroatoms. The Morgan fingerprint density at radius 3 is 1.29 bits per heavy atom. The lowest BCUT2D eigenvalue weighted by atomic mass is 10.1. The van der Waals surface area contributed by atoms with Crippen molar-refractivity contribution in [1.29, 1.82) is 0 Å². The Morgan fingerprint density at radius 1 is 0.479 bits per heavy atom. The molecule has 280 valence electrons. The van der Waals surface area contributed by atoms with Gasteiger partial charge in [0.1, 0.15) is 6.61 Å². The van der Waals surface area contributed by atoms with Gasteiger partial charge in [-0.3, -0.25) is 9.59 Å². The minimum Gasteiger partial charge on any atom is -0.462 e. The number of ether oxygens (including phenoxy) is 2. The standard InChI is InChI=1S/C43H78O5/c1-3-5-7-9-11-13-15-17-19-20-21-22-24-25-27-29-31-33-35-37-42(45)47-40-41(39-44)48-43(46)38-36-34-32-30-28-26-23-18-16-14-12-10-8-6-4-2/h11,13,17-19,23,41,44H,3-10,12,14-16,20-22,24-40H2,1-2H3. The molecular weight excluding hydrogens is 596 g/mol. The number of hydrogen-bond donors (Lipinski definition) is 1. The molecule has 1 unspecified atom stereocenters. The van der Waals surface area contributed by atoms with Gasteiger partial charge >= 0.3 is 11.9 Å². The summed E-state index contributed by atoms with van der Waals surface area (Å²) in [6.45, 7) is 4.10. The van der Waals surface area contributed by atoms with Gasteiger partial charge in [0.15, 0.2) is 6.10 Å². The van der Waals surface area contributed by atoms with Crippen LogP contribution in [0.3, 0.4) is 0 Å². The summed E-state index contributed by atoms with van der Waals surface area (Å²) in [5.41, 5.74) is 0. The molecule has 0 bridgehead atoms. The van der Waals surface area contributed by atoms with Crippen molar-refractivity contribution in [3.63, 3.8) is 0 Å². The molecule has 0 heterocycles. The molecule has 0 rings (SSSR count). The normalized spacial score (nSPS) is 12.5. The second-order valence-electron chi connectivity index (χ2n) is 13.7. The average Bonchev–Trinajstić information content (AvgIpc) is 3.09. The molecule has 0 amide bonds. The molecule has 0 aromatic heterocycles. The fraction of sp³-hybridized carbons (Fsp3) is 0.814. The highest BCUT2D eigenvalue weighted by molar-refractivity contribution is 5.70. The fourth-order valence-electron chi connectivity index (χ4n) is 5.75. The Hall–Kier alpha value is -1.88. The minimum atomic E-state index is -0.775. The molecule has 0 radical (unpaired) electrons. The molecule has 0 saturated carbocycles. The number of carbonyl (C=O) groups is 2. The number of unbranched alkanes of at least 4 members (excludes halogenated alkanes) is 23. The Morgan fingerprint density at radius 2 is 0.833 bits per heavy atom. The van der Waals surface area contributed by atoms with E-state index in [0.717, 1.165) is 51.4 Å². The molecule has 1 N–H and O–H groups in total. The third kappa shape index (κ3) is 36.9. The number of esters is 2. The van der Waals surface area contributed by atoms with Crippen molar-refractivity contribution < 1.29 is 24.2 Å². The van der Waals surface area contributed by atoms with E-state index in [9.17, 15) is 14.7 Å². The molecule has 0 aliphatic heterocycles. The second-order valence-corrected chi connectivity index (χ2v) is 13.7. The Labute approximate surface area is 297 Å². The number of hydrogen-bond acceptors (Lipinski definition) is 5. The van der Waals surface area contributed by atoms with E-state index >= 15 is 0 Å². The van der Waals surface area contributed by atoms with Crippen LogP contribution in [-0.4, -0.2) is 36.4 Å². The van der Waals surface area contributed by atoms with Crippen molar-refractivity contribution in [3.8, 4) is 0 Å². The monoisotopic (exact) mass is 675 g/mol. The Kier molecular flexibility index (Phi) is 38.0. The van der Waals surface area contributed by atoms with E-state index in [1.807, 2.05) is 0 Å². The summed E-state index contributed by atoms with van der Waals surface area (Å²) in [7, 11) is 0. The summed E-state index contributed by atoms with van der Waals surface area (Å²) < 4.78 is 10.6. The average molecular weight is 675 g/mol. The molecule has 0 aliphatic carbocycles. The first-order valence-corrected chi connectivity index (χ1v) is 20.5. The van der Waals surface area contributed by atoms with E-state index in [2.05, 4.69) is 50.3 Å². The van der Waals surface area contributed by atoms with Crippen LogP contribution in [0.15, 0.2) is 36.5 Å². The summed E-state index contributed by atoms with van der Waals surface area (Å²) in [5.74, 6) is -0.602. The molecule has 0 aliphatic rings. The van der Waals surface area contributed by atoms with Gasteiger partial charge in [-0.2, -0.15) is 0 Å². The third-order valence-corrected chi connectivity index (χ3v) is 8.91. The number of aliphatic hydroxyl groups excluding tert-OH is 1. The predicted molar refractivity (Wildman–Crippen MR) is 205 cm³/mol. The van der Waals surface area contributed by atoms with Crippen LogP contribution in [0.2, 0.25) is 0 Å². The first-order chi connectivity index (χ1) is 23.6. The van der Waals surface area contributed by atoms with Crippen molar-refractivity contribution in [2.45, 2.75) is 213 Å². The minimum absolute atomic E-state index is 0.0700. The van der Waals surface area contributed by atoms with Crippen molar-refractivity contribution >= 4 is 11.9 Å². The fourth-order valence-corrected chi connectivity index (χ4v) is 5.75. The van der Waals surface area contributed by atoms with Crippen LogP contribution >= 0.6 is 0 Å². The van der Waals surface area contributed by atoms with Crippen LogP contribution < -0.4 is 0 Å². The number of carbonyl (C=O) groups excluding carboxylic acids is 2. The van der Waals surface area contributed by atoms with Gasteiger partial charge in [-0.15, -0.1) is 0 Å². The summed E-state index contributed by atoms with van der Waals surface area (Å²) in [6, 6.07) is 0. The topological polar surface area (TPSA) is 72.8 Å². The van der Waals surface area contributed by atoms with Gasteiger partial charge in [0.25, 0.3) is 0 Å². The Bertz CT molecular complexity index is 771. The maximum absolute atomic E-state index is 12.2. The van der Waals surface area contributed by atoms with Crippen molar-refractivity contribution in [2.75, 3.05) is 13.2 Å².